The number of hydrogen-bond acceptors (Lipinski definition) is 0. The molecule has 1 aliphatic heterocycles. The highest BCUT2D eigenvalue weighted by molar-refractivity contribution is 7.19. The third-order valence-corrected chi connectivity index (χ3v) is 6.14. The van der Waals surface area contributed by atoms with E-state index in [1.165, 1.54) is 24.9 Å². The summed E-state index contributed by atoms with van der Waals surface area (Å²) >= 11 is 6.31. The predicted molar refractivity (Wildman–Crippen MR) is 45.5 cm³/mol. The standard InChI is InChI=1S/C7H15ClSi/c1-7-4-3-5-9(2,8)6-7/h7H,3-6H2,1-2H3/t7-,9-/m0/s1. The Labute approximate surface area is 63.3 Å². The molecule has 0 amide bonds. The molecule has 0 nitrogen and oxygen atoms in total. The molecule has 0 N–H and O–H groups in total. The Kier molecular flexibility index (Phi) is 2.22. The molecule has 1 fully saturated rings. The van der Waals surface area contributed by atoms with Gasteiger partial charge in [0.15, 0.2) is 7.38 Å². The van der Waals surface area contributed by atoms with E-state index >= 15 is 0 Å². The Morgan fingerprint density at radius 3 is 2.56 bits per heavy atom. The normalized spacial score (nSPS) is 45.0. The van der Waals surface area contributed by atoms with Gasteiger partial charge >= 0.3 is 0 Å². The van der Waals surface area contributed by atoms with Gasteiger partial charge in [0.1, 0.15) is 0 Å². The minimum Gasteiger partial charge on any atom is -0.167 e. The van der Waals surface area contributed by atoms with Crippen molar-refractivity contribution in [2.24, 2.45) is 5.92 Å². The number of hydrogen-bond donors (Lipinski definition) is 0. The molecule has 0 aliphatic carbocycles. The van der Waals surface area contributed by atoms with Crippen LogP contribution in [0, 0.1) is 5.92 Å². The van der Waals surface area contributed by atoms with Crippen molar-refractivity contribution in [2.75, 3.05) is 0 Å². The van der Waals surface area contributed by atoms with Crippen LogP contribution in [0.4, 0.5) is 0 Å². The first-order valence-electron chi connectivity index (χ1n) is 3.79. The maximum atomic E-state index is 6.31. The average Bonchev–Trinajstić information content (AvgIpc) is 1.60. The molecule has 0 bridgehead atoms. The van der Waals surface area contributed by atoms with E-state index in [-0.39, 0.29) is 0 Å². The van der Waals surface area contributed by atoms with Crippen molar-refractivity contribution >= 4 is 18.5 Å². The van der Waals surface area contributed by atoms with E-state index in [1.54, 1.807) is 0 Å². The van der Waals surface area contributed by atoms with Crippen molar-refractivity contribution in [3.63, 3.8) is 0 Å². The summed E-state index contributed by atoms with van der Waals surface area (Å²) in [6.07, 6.45) is 2.79. The fraction of sp³-hybridized carbons (Fsp3) is 1.00. The van der Waals surface area contributed by atoms with Gasteiger partial charge in [-0.25, -0.2) is 0 Å². The highest BCUT2D eigenvalue weighted by Crippen LogP contribution is 2.34. The zero-order valence-electron chi connectivity index (χ0n) is 6.28. The molecule has 1 rings (SSSR count). The molecule has 0 unspecified atom stereocenters. The molecule has 0 aromatic heterocycles. The summed E-state index contributed by atoms with van der Waals surface area (Å²) < 4.78 is 0. The van der Waals surface area contributed by atoms with Gasteiger partial charge in [-0.2, -0.15) is 11.1 Å². The van der Waals surface area contributed by atoms with Gasteiger partial charge < -0.3 is 0 Å². The second-order valence-corrected chi connectivity index (χ2v) is 10.1. The zero-order valence-corrected chi connectivity index (χ0v) is 8.04. The predicted octanol–water partition coefficient (Wildman–Crippen LogP) is 3.23. The lowest BCUT2D eigenvalue weighted by Crippen LogP contribution is -2.28. The topological polar surface area (TPSA) is 0 Å². The van der Waals surface area contributed by atoms with Crippen molar-refractivity contribution in [3.05, 3.63) is 0 Å². The van der Waals surface area contributed by atoms with Crippen molar-refractivity contribution in [1.29, 1.82) is 0 Å². The molecule has 54 valence electrons. The largest absolute Gasteiger partial charge is 0.167 e. The molecule has 0 aromatic rings. The van der Waals surface area contributed by atoms with E-state index in [1.807, 2.05) is 0 Å². The lowest BCUT2D eigenvalue weighted by Gasteiger charge is -2.28. The van der Waals surface area contributed by atoms with Gasteiger partial charge in [-0.15, -0.1) is 0 Å². The summed E-state index contributed by atoms with van der Waals surface area (Å²) in [5.41, 5.74) is 0. The first kappa shape index (κ1) is 7.61. The van der Waals surface area contributed by atoms with Crippen LogP contribution in [0.2, 0.25) is 18.6 Å². The molecule has 2 heteroatoms. The third-order valence-electron chi connectivity index (χ3n) is 2.17. The van der Waals surface area contributed by atoms with E-state index in [2.05, 4.69) is 13.5 Å². The lowest BCUT2D eigenvalue weighted by atomic mass is 10.1. The SMILES string of the molecule is C[C@H]1CCC[Si@](C)(Cl)C1. The van der Waals surface area contributed by atoms with Gasteiger partial charge in [-0.1, -0.05) is 26.3 Å². The first-order valence-corrected chi connectivity index (χ1v) is 7.72. The fourth-order valence-electron chi connectivity index (χ4n) is 1.75. The van der Waals surface area contributed by atoms with Crippen LogP contribution < -0.4 is 0 Å². The van der Waals surface area contributed by atoms with Gasteiger partial charge in [0, 0.05) is 0 Å². The summed E-state index contributed by atoms with van der Waals surface area (Å²) in [6.45, 7) is 4.62. The number of rotatable bonds is 0. The maximum Gasteiger partial charge on any atom is 0.153 e. The highest BCUT2D eigenvalue weighted by Gasteiger charge is 2.30. The van der Waals surface area contributed by atoms with E-state index < -0.39 is 7.38 Å². The molecule has 2 atom stereocenters. The molecule has 1 heterocycles. The van der Waals surface area contributed by atoms with Crippen LogP contribution in [-0.2, 0) is 0 Å². The minimum absolute atomic E-state index is 0.910. The average molecular weight is 163 g/mol. The Morgan fingerprint density at radius 1 is 1.56 bits per heavy atom. The monoisotopic (exact) mass is 162 g/mol. The van der Waals surface area contributed by atoms with Crippen molar-refractivity contribution in [3.8, 4) is 0 Å². The van der Waals surface area contributed by atoms with Gasteiger partial charge in [0.2, 0.25) is 0 Å². The summed E-state index contributed by atoms with van der Waals surface area (Å²) in [7, 11) is -1.18. The Balaban J connectivity index is 2.41. The van der Waals surface area contributed by atoms with Crippen LogP contribution in [0.5, 0.6) is 0 Å². The molecule has 1 saturated heterocycles. The van der Waals surface area contributed by atoms with Crippen molar-refractivity contribution in [2.45, 2.75) is 38.4 Å². The van der Waals surface area contributed by atoms with E-state index in [0.717, 1.165) is 5.92 Å². The first-order chi connectivity index (χ1) is 4.10. The molecule has 9 heavy (non-hydrogen) atoms. The van der Waals surface area contributed by atoms with Crippen LogP contribution in [0.15, 0.2) is 0 Å². The van der Waals surface area contributed by atoms with Crippen LogP contribution in [0.3, 0.4) is 0 Å². The molecule has 0 aromatic carbocycles. The van der Waals surface area contributed by atoms with Gasteiger partial charge in [-0.05, 0) is 18.0 Å². The highest BCUT2D eigenvalue weighted by atomic mass is 35.6. The van der Waals surface area contributed by atoms with Gasteiger partial charge in [0.25, 0.3) is 0 Å². The van der Waals surface area contributed by atoms with E-state index in [0.29, 0.717) is 0 Å². The second kappa shape index (κ2) is 2.63. The zero-order chi connectivity index (χ0) is 6.91. The second-order valence-electron chi connectivity index (χ2n) is 3.61. The number of halogens is 1. The summed E-state index contributed by atoms with van der Waals surface area (Å²) in [5.74, 6) is 0.910. The van der Waals surface area contributed by atoms with Gasteiger partial charge in [0.05, 0.1) is 0 Å². The maximum absolute atomic E-state index is 6.31. The van der Waals surface area contributed by atoms with Crippen LogP contribution in [-0.4, -0.2) is 7.38 Å². The summed E-state index contributed by atoms with van der Waals surface area (Å²) in [4.78, 5) is 0. The molecule has 0 radical (unpaired) electrons. The molecular weight excluding hydrogens is 148 g/mol. The van der Waals surface area contributed by atoms with Crippen LogP contribution in [0.1, 0.15) is 19.8 Å². The molecule has 0 saturated carbocycles. The third kappa shape index (κ3) is 2.30. The van der Waals surface area contributed by atoms with Gasteiger partial charge in [-0.3, -0.25) is 0 Å². The fourth-order valence-corrected chi connectivity index (χ4v) is 5.74. The van der Waals surface area contributed by atoms with Crippen molar-refractivity contribution in [1.82, 2.24) is 0 Å². The molecular formula is C7H15ClSi. The van der Waals surface area contributed by atoms with E-state index in [4.69, 9.17) is 11.1 Å². The van der Waals surface area contributed by atoms with Crippen LogP contribution in [0.25, 0.3) is 0 Å². The lowest BCUT2D eigenvalue weighted by molar-refractivity contribution is 0.542. The molecule has 1 aliphatic rings. The summed E-state index contributed by atoms with van der Waals surface area (Å²) in [6, 6.07) is 2.69. The Bertz CT molecular complexity index is 101. The van der Waals surface area contributed by atoms with Crippen LogP contribution >= 0.6 is 11.1 Å². The quantitative estimate of drug-likeness (QED) is 0.379. The Hall–Kier alpha value is 0.507. The van der Waals surface area contributed by atoms with E-state index in [9.17, 15) is 0 Å². The van der Waals surface area contributed by atoms with Crippen molar-refractivity contribution < 1.29 is 0 Å². The smallest absolute Gasteiger partial charge is 0.153 e. The molecule has 0 spiro atoms. The summed E-state index contributed by atoms with van der Waals surface area (Å²) in [5, 5.41) is 0. The Morgan fingerprint density at radius 2 is 2.22 bits per heavy atom. The minimum atomic E-state index is -1.18.